The van der Waals surface area contributed by atoms with E-state index >= 15 is 0 Å². The number of thiophene rings is 1. The van der Waals surface area contributed by atoms with E-state index in [2.05, 4.69) is 27.4 Å². The minimum atomic E-state index is -0.821. The molecule has 1 fully saturated rings. The third-order valence-electron chi connectivity index (χ3n) is 5.76. The summed E-state index contributed by atoms with van der Waals surface area (Å²) in [6.07, 6.45) is 4.42. The van der Waals surface area contributed by atoms with Crippen LogP contribution in [0.3, 0.4) is 0 Å². The van der Waals surface area contributed by atoms with Crippen molar-refractivity contribution >= 4 is 34.7 Å². The topological polar surface area (TPSA) is 87.3 Å². The highest BCUT2D eigenvalue weighted by molar-refractivity contribution is 7.10. The van der Waals surface area contributed by atoms with Crippen molar-refractivity contribution in [1.29, 1.82) is 0 Å². The average Bonchev–Trinajstić information content (AvgIpc) is 3.39. The Labute approximate surface area is 181 Å². The number of hydrogen-bond acceptors (Lipinski definition) is 4. The first-order valence-corrected chi connectivity index (χ1v) is 11.2. The van der Waals surface area contributed by atoms with E-state index in [0.717, 1.165) is 42.4 Å². The number of benzene rings is 1. The van der Waals surface area contributed by atoms with Crippen molar-refractivity contribution in [3.8, 4) is 0 Å². The fourth-order valence-corrected chi connectivity index (χ4v) is 5.25. The number of carbonyl (C=O) groups is 3. The van der Waals surface area contributed by atoms with Gasteiger partial charge in [-0.2, -0.15) is 0 Å². The molecule has 7 heteroatoms. The van der Waals surface area contributed by atoms with E-state index in [1.807, 2.05) is 39.0 Å². The van der Waals surface area contributed by atoms with E-state index in [0.29, 0.717) is 12.2 Å². The molecule has 0 bridgehead atoms. The van der Waals surface area contributed by atoms with Crippen LogP contribution in [0.25, 0.3) is 0 Å². The van der Waals surface area contributed by atoms with Gasteiger partial charge in [-0.05, 0) is 56.2 Å². The molecule has 0 saturated heterocycles. The molecule has 1 aromatic heterocycles. The molecular weight excluding hydrogens is 398 g/mol. The predicted octanol–water partition coefficient (Wildman–Crippen LogP) is 3.36. The maximum absolute atomic E-state index is 12.3. The summed E-state index contributed by atoms with van der Waals surface area (Å²) in [6, 6.07) is 8.06. The first-order valence-electron chi connectivity index (χ1n) is 10.3. The molecule has 1 aliphatic carbocycles. The van der Waals surface area contributed by atoms with Crippen molar-refractivity contribution in [3.05, 3.63) is 51.2 Å². The zero-order chi connectivity index (χ0) is 21.7. The molecule has 3 amide bonds. The molecule has 0 spiro atoms. The number of aryl methyl sites for hydroxylation is 3. The highest BCUT2D eigenvalue weighted by Crippen LogP contribution is 2.42. The van der Waals surface area contributed by atoms with Crippen LogP contribution >= 0.6 is 11.3 Å². The monoisotopic (exact) mass is 427 g/mol. The van der Waals surface area contributed by atoms with E-state index in [4.69, 9.17) is 0 Å². The molecule has 1 aliphatic rings. The smallest absolute Gasteiger partial charge is 0.313 e. The number of nitrogens with one attached hydrogen (secondary N) is 3. The van der Waals surface area contributed by atoms with Crippen LogP contribution in [0.1, 0.15) is 47.3 Å². The fraction of sp³-hybridized carbons (Fsp3) is 0.435. The SMILES string of the molecule is Cc1cc(C)c(NC(=O)C(=O)NCC(=O)NCC2(c3cccs3)CCCC2)c(C)c1. The lowest BCUT2D eigenvalue weighted by atomic mass is 9.84. The molecule has 6 nitrogen and oxygen atoms in total. The second-order valence-corrected chi connectivity index (χ2v) is 9.10. The molecule has 0 unspecified atom stereocenters. The molecule has 0 aliphatic heterocycles. The second kappa shape index (κ2) is 9.43. The van der Waals surface area contributed by atoms with Crippen LogP contribution in [0.15, 0.2) is 29.6 Å². The highest BCUT2D eigenvalue weighted by Gasteiger charge is 2.36. The summed E-state index contributed by atoms with van der Waals surface area (Å²) in [5, 5.41) is 10.1. The Kier molecular flexibility index (Phi) is 6.92. The van der Waals surface area contributed by atoms with Gasteiger partial charge in [-0.3, -0.25) is 14.4 Å². The molecule has 0 radical (unpaired) electrons. The highest BCUT2D eigenvalue weighted by atomic mass is 32.1. The molecule has 30 heavy (non-hydrogen) atoms. The van der Waals surface area contributed by atoms with Gasteiger partial charge in [-0.25, -0.2) is 0 Å². The van der Waals surface area contributed by atoms with Gasteiger partial charge in [-0.1, -0.05) is 36.6 Å². The molecule has 160 valence electrons. The average molecular weight is 428 g/mol. The molecular formula is C23H29N3O3S. The summed E-state index contributed by atoms with van der Waals surface area (Å²) in [5.74, 6) is -1.89. The minimum Gasteiger partial charge on any atom is -0.354 e. The van der Waals surface area contributed by atoms with Crippen molar-refractivity contribution in [2.45, 2.75) is 51.9 Å². The molecule has 1 aromatic carbocycles. The molecule has 2 aromatic rings. The Morgan fingerprint density at radius 2 is 1.67 bits per heavy atom. The number of anilines is 1. The Hall–Kier alpha value is -2.67. The maximum atomic E-state index is 12.3. The first-order chi connectivity index (χ1) is 14.3. The van der Waals surface area contributed by atoms with E-state index < -0.39 is 11.8 Å². The zero-order valence-electron chi connectivity index (χ0n) is 17.8. The van der Waals surface area contributed by atoms with E-state index in [1.165, 1.54) is 4.88 Å². The summed E-state index contributed by atoms with van der Waals surface area (Å²) in [6.45, 7) is 6.07. The van der Waals surface area contributed by atoms with Crippen molar-refractivity contribution in [2.75, 3.05) is 18.4 Å². The van der Waals surface area contributed by atoms with Gasteiger partial charge in [0.25, 0.3) is 0 Å². The largest absolute Gasteiger partial charge is 0.354 e. The lowest BCUT2D eigenvalue weighted by molar-refractivity contribution is -0.136. The Balaban J connectivity index is 1.50. The zero-order valence-corrected chi connectivity index (χ0v) is 18.6. The Morgan fingerprint density at radius 3 is 2.27 bits per heavy atom. The molecule has 3 N–H and O–H groups in total. The van der Waals surface area contributed by atoms with Crippen LogP contribution in [0.2, 0.25) is 0 Å². The quantitative estimate of drug-likeness (QED) is 0.618. The van der Waals surface area contributed by atoms with Gasteiger partial charge < -0.3 is 16.0 Å². The van der Waals surface area contributed by atoms with Crippen LogP contribution in [0, 0.1) is 20.8 Å². The van der Waals surface area contributed by atoms with Gasteiger partial charge in [0.15, 0.2) is 0 Å². The number of rotatable bonds is 6. The first kappa shape index (κ1) is 22.0. The number of carbonyl (C=O) groups excluding carboxylic acids is 3. The maximum Gasteiger partial charge on any atom is 0.313 e. The van der Waals surface area contributed by atoms with E-state index in [-0.39, 0.29) is 17.9 Å². The van der Waals surface area contributed by atoms with Gasteiger partial charge in [0.1, 0.15) is 0 Å². The lowest BCUT2D eigenvalue weighted by Crippen LogP contribution is -2.45. The van der Waals surface area contributed by atoms with Crippen molar-refractivity contribution in [2.24, 2.45) is 0 Å². The van der Waals surface area contributed by atoms with Gasteiger partial charge >= 0.3 is 11.8 Å². The van der Waals surface area contributed by atoms with Crippen LogP contribution in [0.5, 0.6) is 0 Å². The lowest BCUT2D eigenvalue weighted by Gasteiger charge is -2.28. The normalized spacial score (nSPS) is 14.9. The van der Waals surface area contributed by atoms with E-state index in [1.54, 1.807) is 11.3 Å². The second-order valence-electron chi connectivity index (χ2n) is 8.15. The van der Waals surface area contributed by atoms with Crippen LogP contribution < -0.4 is 16.0 Å². The fourth-order valence-electron chi connectivity index (χ4n) is 4.26. The van der Waals surface area contributed by atoms with Gasteiger partial charge in [0, 0.05) is 22.5 Å². The standard InChI is InChI=1S/C23H29N3O3S/c1-15-11-16(2)20(17(3)12-15)26-22(29)21(28)24-13-19(27)25-14-23(8-4-5-9-23)18-7-6-10-30-18/h6-7,10-12H,4-5,8-9,13-14H2,1-3H3,(H,24,28)(H,25,27)(H,26,29). The number of hydrogen-bond donors (Lipinski definition) is 3. The predicted molar refractivity (Wildman–Crippen MR) is 120 cm³/mol. The Morgan fingerprint density at radius 1 is 1.00 bits per heavy atom. The summed E-state index contributed by atoms with van der Waals surface area (Å²) in [7, 11) is 0. The molecule has 0 atom stereocenters. The number of amides is 3. The van der Waals surface area contributed by atoms with Crippen LogP contribution in [-0.2, 0) is 19.8 Å². The van der Waals surface area contributed by atoms with Crippen LogP contribution in [0.4, 0.5) is 5.69 Å². The summed E-state index contributed by atoms with van der Waals surface area (Å²) < 4.78 is 0. The van der Waals surface area contributed by atoms with Crippen molar-refractivity contribution in [1.82, 2.24) is 10.6 Å². The molecule has 1 heterocycles. The molecule has 3 rings (SSSR count). The minimum absolute atomic E-state index is 0.00823. The van der Waals surface area contributed by atoms with E-state index in [9.17, 15) is 14.4 Å². The third kappa shape index (κ3) is 5.08. The van der Waals surface area contributed by atoms with Gasteiger partial charge in [-0.15, -0.1) is 11.3 Å². The van der Waals surface area contributed by atoms with Crippen LogP contribution in [-0.4, -0.2) is 30.8 Å². The third-order valence-corrected chi connectivity index (χ3v) is 6.88. The summed E-state index contributed by atoms with van der Waals surface area (Å²) in [4.78, 5) is 38.0. The summed E-state index contributed by atoms with van der Waals surface area (Å²) >= 11 is 1.72. The van der Waals surface area contributed by atoms with Gasteiger partial charge in [0.05, 0.1) is 6.54 Å². The van der Waals surface area contributed by atoms with Crippen molar-refractivity contribution in [3.63, 3.8) is 0 Å². The van der Waals surface area contributed by atoms with Crippen molar-refractivity contribution < 1.29 is 14.4 Å². The summed E-state index contributed by atoms with van der Waals surface area (Å²) in [5.41, 5.74) is 3.49. The Bertz CT molecular complexity index is 908. The van der Waals surface area contributed by atoms with Gasteiger partial charge in [0.2, 0.25) is 5.91 Å². The molecule has 1 saturated carbocycles.